The molecule has 0 aliphatic carbocycles. The molecule has 2 aromatic heterocycles. The van der Waals surface area contributed by atoms with Crippen molar-refractivity contribution in [1.82, 2.24) is 18.9 Å². The molecular weight excluding hydrogens is 434 g/mol. The Hall–Kier alpha value is -3.57. The second kappa shape index (κ2) is 8.17. The molecule has 0 radical (unpaired) electrons. The lowest BCUT2D eigenvalue weighted by molar-refractivity contribution is -0.385. The number of nitrogens with zero attached hydrogens (tertiary/aromatic N) is 5. The lowest BCUT2D eigenvalue weighted by Crippen LogP contribution is -2.30. The van der Waals surface area contributed by atoms with Crippen LogP contribution in [0.1, 0.15) is 19.5 Å². The average Bonchev–Trinajstić information content (AvgIpc) is 3.15. The Morgan fingerprint density at radius 1 is 1.12 bits per heavy atom. The smallest absolute Gasteiger partial charge is 0.312 e. The van der Waals surface area contributed by atoms with E-state index in [2.05, 4.69) is 10.1 Å². The van der Waals surface area contributed by atoms with Crippen LogP contribution in [0.2, 0.25) is 0 Å². The van der Waals surface area contributed by atoms with Gasteiger partial charge in [0, 0.05) is 25.2 Å². The normalized spacial score (nSPS) is 12.0. The highest BCUT2D eigenvalue weighted by atomic mass is 32.2. The molecule has 0 amide bonds. The van der Waals surface area contributed by atoms with E-state index in [4.69, 9.17) is 4.74 Å². The van der Waals surface area contributed by atoms with E-state index in [0.29, 0.717) is 11.0 Å². The number of nitro benzene ring substituents is 1. The lowest BCUT2D eigenvalue weighted by atomic mass is 10.2. The second-order valence-electron chi connectivity index (χ2n) is 7.07. The summed E-state index contributed by atoms with van der Waals surface area (Å²) in [5.74, 6) is 0.0576. The van der Waals surface area contributed by atoms with Crippen molar-refractivity contribution in [3.05, 3.63) is 64.3 Å². The molecule has 32 heavy (non-hydrogen) atoms. The molecule has 11 heteroatoms. The molecule has 2 heterocycles. The van der Waals surface area contributed by atoms with E-state index in [0.717, 1.165) is 17.3 Å². The van der Waals surface area contributed by atoms with Gasteiger partial charge in [0.1, 0.15) is 0 Å². The summed E-state index contributed by atoms with van der Waals surface area (Å²) in [6.45, 7) is 5.76. The Kier molecular flexibility index (Phi) is 5.53. The third-order valence-corrected chi connectivity index (χ3v) is 7.11. The summed E-state index contributed by atoms with van der Waals surface area (Å²) >= 11 is 0. The van der Waals surface area contributed by atoms with Gasteiger partial charge in [0.05, 0.1) is 26.4 Å². The molecule has 0 aliphatic rings. The van der Waals surface area contributed by atoms with Crippen LogP contribution in [-0.2, 0) is 10.0 Å². The van der Waals surface area contributed by atoms with Crippen molar-refractivity contribution in [2.75, 3.05) is 13.1 Å². The fraction of sp³-hybridized carbons (Fsp3) is 0.238. The van der Waals surface area contributed by atoms with E-state index < -0.39 is 20.6 Å². The van der Waals surface area contributed by atoms with Crippen molar-refractivity contribution in [3.63, 3.8) is 0 Å². The van der Waals surface area contributed by atoms with Crippen LogP contribution >= 0.6 is 0 Å². The number of rotatable bonds is 7. The second-order valence-corrected chi connectivity index (χ2v) is 9.01. The summed E-state index contributed by atoms with van der Waals surface area (Å²) in [5.41, 5.74) is 1.55. The fourth-order valence-corrected chi connectivity index (χ4v) is 5.01. The summed E-state index contributed by atoms with van der Waals surface area (Å²) in [7, 11) is -3.86. The summed E-state index contributed by atoms with van der Waals surface area (Å²) in [6, 6.07) is 12.7. The van der Waals surface area contributed by atoms with E-state index in [1.165, 1.54) is 16.4 Å². The van der Waals surface area contributed by atoms with Crippen LogP contribution in [0, 0.1) is 17.0 Å². The predicted molar refractivity (Wildman–Crippen MR) is 119 cm³/mol. The van der Waals surface area contributed by atoms with Gasteiger partial charge >= 0.3 is 5.69 Å². The number of aromatic nitrogens is 3. The van der Waals surface area contributed by atoms with Crippen molar-refractivity contribution in [3.8, 4) is 11.6 Å². The van der Waals surface area contributed by atoms with Crippen molar-refractivity contribution >= 4 is 32.3 Å². The molecule has 0 fully saturated rings. The predicted octanol–water partition coefficient (Wildman–Crippen LogP) is 3.92. The number of sulfonamides is 1. The van der Waals surface area contributed by atoms with Gasteiger partial charge < -0.3 is 4.74 Å². The van der Waals surface area contributed by atoms with Crippen molar-refractivity contribution < 1.29 is 18.1 Å². The molecule has 0 atom stereocenters. The topological polar surface area (TPSA) is 120 Å². The van der Waals surface area contributed by atoms with Crippen molar-refractivity contribution in [2.24, 2.45) is 0 Å². The molecule has 0 spiro atoms. The molecule has 0 saturated carbocycles. The van der Waals surface area contributed by atoms with Gasteiger partial charge in [-0.2, -0.15) is 14.4 Å². The third-order valence-electron chi connectivity index (χ3n) is 5.07. The van der Waals surface area contributed by atoms with Crippen LogP contribution in [-0.4, -0.2) is 45.3 Å². The van der Waals surface area contributed by atoms with E-state index >= 15 is 0 Å². The Bertz CT molecular complexity index is 1440. The first-order valence-corrected chi connectivity index (χ1v) is 11.4. The van der Waals surface area contributed by atoms with Crippen LogP contribution in [0.5, 0.6) is 11.6 Å². The molecule has 166 valence electrons. The van der Waals surface area contributed by atoms with Crippen LogP contribution in [0.15, 0.2) is 53.4 Å². The minimum atomic E-state index is -3.86. The average molecular weight is 455 g/mol. The first-order valence-electron chi connectivity index (χ1n) is 9.97. The molecule has 4 aromatic rings. The largest absolute Gasteiger partial charge is 0.431 e. The number of benzene rings is 2. The quantitative estimate of drug-likeness (QED) is 0.306. The zero-order valence-corrected chi connectivity index (χ0v) is 18.5. The van der Waals surface area contributed by atoms with Crippen LogP contribution < -0.4 is 4.74 Å². The van der Waals surface area contributed by atoms with Gasteiger partial charge in [-0.1, -0.05) is 26.0 Å². The highest BCUT2D eigenvalue weighted by molar-refractivity contribution is 7.89. The Morgan fingerprint density at radius 3 is 2.53 bits per heavy atom. The van der Waals surface area contributed by atoms with Gasteiger partial charge in [-0.15, -0.1) is 0 Å². The number of hydrogen-bond donors (Lipinski definition) is 0. The van der Waals surface area contributed by atoms with Crippen LogP contribution in [0.3, 0.4) is 0 Å². The minimum absolute atomic E-state index is 0.105. The van der Waals surface area contributed by atoms with E-state index in [1.54, 1.807) is 36.6 Å². The number of nitro groups is 1. The number of para-hydroxylation sites is 1. The third kappa shape index (κ3) is 3.65. The minimum Gasteiger partial charge on any atom is -0.431 e. The maximum absolute atomic E-state index is 12.8. The Morgan fingerprint density at radius 2 is 1.84 bits per heavy atom. The zero-order chi connectivity index (χ0) is 23.0. The summed E-state index contributed by atoms with van der Waals surface area (Å²) in [5, 5.41) is 16.8. The summed E-state index contributed by atoms with van der Waals surface area (Å²) < 4.78 is 34.4. The molecule has 0 aliphatic heterocycles. The molecule has 0 unspecified atom stereocenters. The van der Waals surface area contributed by atoms with E-state index in [-0.39, 0.29) is 29.6 Å². The lowest BCUT2D eigenvalue weighted by Gasteiger charge is -2.18. The van der Waals surface area contributed by atoms with Gasteiger partial charge in [-0.25, -0.2) is 12.9 Å². The standard InChI is InChI=1S/C21H21N5O5S/c1-4-24(5-2)32(29,30)15-10-11-19(18(13-15)26(27)28)31-21-16-8-6-7-9-17(16)25-20(22-21)12-14(3)23-25/h6-13H,4-5H2,1-3H3. The first-order chi connectivity index (χ1) is 15.3. The SMILES string of the molecule is CCN(CC)S(=O)(=O)c1ccc(Oc2nc3cc(C)nn3c3ccccc23)c([N+](=O)[O-])c1. The number of hydrogen-bond acceptors (Lipinski definition) is 7. The highest BCUT2D eigenvalue weighted by Gasteiger charge is 2.27. The molecule has 0 saturated heterocycles. The summed E-state index contributed by atoms with van der Waals surface area (Å²) in [4.78, 5) is 15.4. The maximum atomic E-state index is 12.8. The molecule has 0 bridgehead atoms. The summed E-state index contributed by atoms with van der Waals surface area (Å²) in [6.07, 6.45) is 0. The molecule has 0 N–H and O–H groups in total. The number of ether oxygens (including phenoxy) is 1. The van der Waals surface area contributed by atoms with Gasteiger partial charge in [0.2, 0.25) is 21.7 Å². The fourth-order valence-electron chi connectivity index (χ4n) is 3.53. The Balaban J connectivity index is 1.84. The number of fused-ring (bicyclic) bond motifs is 3. The van der Waals surface area contributed by atoms with Crippen molar-refractivity contribution in [1.29, 1.82) is 0 Å². The van der Waals surface area contributed by atoms with Gasteiger partial charge in [-0.3, -0.25) is 10.1 Å². The first kappa shape index (κ1) is 21.7. The van der Waals surface area contributed by atoms with E-state index in [1.807, 2.05) is 19.1 Å². The molecule has 10 nitrogen and oxygen atoms in total. The van der Waals surface area contributed by atoms with E-state index in [9.17, 15) is 18.5 Å². The highest BCUT2D eigenvalue weighted by Crippen LogP contribution is 2.36. The molecular formula is C21H21N5O5S. The van der Waals surface area contributed by atoms with Crippen LogP contribution in [0.4, 0.5) is 5.69 Å². The van der Waals surface area contributed by atoms with Gasteiger partial charge in [-0.05, 0) is 31.2 Å². The Labute approximate surface area is 184 Å². The maximum Gasteiger partial charge on any atom is 0.312 e. The van der Waals surface area contributed by atoms with Gasteiger partial charge in [0.25, 0.3) is 0 Å². The van der Waals surface area contributed by atoms with Gasteiger partial charge in [0.15, 0.2) is 5.65 Å². The van der Waals surface area contributed by atoms with Crippen LogP contribution in [0.25, 0.3) is 16.6 Å². The van der Waals surface area contributed by atoms with Crippen molar-refractivity contribution in [2.45, 2.75) is 25.7 Å². The molecule has 4 rings (SSSR count). The monoisotopic (exact) mass is 455 g/mol. The molecule has 2 aromatic carbocycles. The zero-order valence-electron chi connectivity index (χ0n) is 17.7. The number of aryl methyl sites for hydroxylation is 1.